The monoisotopic (exact) mass is 450 g/mol. The molecule has 0 radical (unpaired) electrons. The van der Waals surface area contributed by atoms with Gasteiger partial charge in [-0.2, -0.15) is 0 Å². The third kappa shape index (κ3) is 4.12. The van der Waals surface area contributed by atoms with E-state index in [0.717, 1.165) is 46.0 Å². The molecule has 0 fully saturated rings. The molecule has 0 spiro atoms. The summed E-state index contributed by atoms with van der Waals surface area (Å²) in [4.78, 5) is 40.4. The highest BCUT2D eigenvalue weighted by Crippen LogP contribution is 2.39. The van der Waals surface area contributed by atoms with Crippen molar-refractivity contribution in [3.8, 4) is 31.3 Å². The van der Waals surface area contributed by atoms with Crippen LogP contribution in [-0.2, 0) is 0 Å². The summed E-state index contributed by atoms with van der Waals surface area (Å²) in [6.07, 6.45) is 0. The van der Waals surface area contributed by atoms with Crippen LogP contribution in [0.3, 0.4) is 0 Å². The minimum absolute atomic E-state index is 0.0522. The SMILES string of the molecule is CC(=O)c1ccc(-c2cc(-c3ccc(C(C)=O)s3)cc(-c3ccc(C(C)=O)s3)c2)s1. The highest BCUT2D eigenvalue weighted by atomic mass is 32.1. The van der Waals surface area contributed by atoms with Crippen LogP contribution in [0.15, 0.2) is 54.6 Å². The lowest BCUT2D eigenvalue weighted by Crippen LogP contribution is -1.84. The van der Waals surface area contributed by atoms with Crippen molar-refractivity contribution >= 4 is 51.4 Å². The van der Waals surface area contributed by atoms with Crippen LogP contribution >= 0.6 is 34.0 Å². The maximum Gasteiger partial charge on any atom is 0.169 e. The molecular weight excluding hydrogens is 432 g/mol. The Morgan fingerprint density at radius 1 is 0.500 bits per heavy atom. The number of hydrogen-bond donors (Lipinski definition) is 0. The third-order valence-electron chi connectivity index (χ3n) is 4.65. The molecule has 0 aliphatic carbocycles. The van der Waals surface area contributed by atoms with Crippen molar-refractivity contribution < 1.29 is 14.4 Å². The Balaban J connectivity index is 1.86. The number of Topliss-reactive ketones (excluding diaryl/α,β-unsaturated/α-hetero) is 3. The maximum atomic E-state index is 11.7. The number of thiophene rings is 3. The third-order valence-corrected chi connectivity index (χ3v) is 8.35. The van der Waals surface area contributed by atoms with Crippen LogP contribution in [0.5, 0.6) is 0 Å². The van der Waals surface area contributed by atoms with E-state index in [4.69, 9.17) is 0 Å². The number of carbonyl (C=O) groups is 3. The van der Waals surface area contributed by atoms with Crippen molar-refractivity contribution in [3.63, 3.8) is 0 Å². The van der Waals surface area contributed by atoms with Crippen molar-refractivity contribution in [2.24, 2.45) is 0 Å². The van der Waals surface area contributed by atoms with Crippen LogP contribution < -0.4 is 0 Å². The summed E-state index contributed by atoms with van der Waals surface area (Å²) in [7, 11) is 0. The van der Waals surface area contributed by atoms with Gasteiger partial charge in [0.1, 0.15) is 0 Å². The lowest BCUT2D eigenvalue weighted by Gasteiger charge is -2.07. The van der Waals surface area contributed by atoms with Crippen LogP contribution in [0.25, 0.3) is 31.3 Å². The predicted molar refractivity (Wildman–Crippen MR) is 126 cm³/mol. The van der Waals surface area contributed by atoms with Crippen LogP contribution in [0.4, 0.5) is 0 Å². The first kappa shape index (κ1) is 20.6. The first-order valence-corrected chi connectivity index (χ1v) is 11.8. The topological polar surface area (TPSA) is 51.2 Å². The van der Waals surface area contributed by atoms with Gasteiger partial charge in [0.05, 0.1) is 14.6 Å². The summed E-state index contributed by atoms with van der Waals surface area (Å²) in [5.74, 6) is 0.157. The Labute approximate surface area is 186 Å². The molecule has 0 aliphatic rings. The zero-order valence-corrected chi connectivity index (χ0v) is 19.1. The van der Waals surface area contributed by atoms with Crippen LogP contribution in [0.2, 0.25) is 0 Å². The van der Waals surface area contributed by atoms with E-state index in [9.17, 15) is 14.4 Å². The van der Waals surface area contributed by atoms with E-state index in [1.165, 1.54) is 34.0 Å². The smallest absolute Gasteiger partial charge is 0.169 e. The average molecular weight is 451 g/mol. The molecule has 1 aromatic carbocycles. The zero-order valence-electron chi connectivity index (χ0n) is 16.6. The molecule has 30 heavy (non-hydrogen) atoms. The molecule has 3 aromatic heterocycles. The fourth-order valence-corrected chi connectivity index (χ4v) is 5.77. The normalized spacial score (nSPS) is 10.9. The van der Waals surface area contributed by atoms with Crippen LogP contribution in [0, 0.1) is 0 Å². The van der Waals surface area contributed by atoms with E-state index < -0.39 is 0 Å². The molecule has 4 aromatic rings. The summed E-state index contributed by atoms with van der Waals surface area (Å²) in [6.45, 7) is 4.71. The van der Waals surface area contributed by atoms with Gasteiger partial charge in [-0.3, -0.25) is 14.4 Å². The minimum atomic E-state index is 0.0522. The van der Waals surface area contributed by atoms with Crippen molar-refractivity contribution in [2.45, 2.75) is 20.8 Å². The molecule has 4 rings (SSSR count). The molecule has 0 amide bonds. The van der Waals surface area contributed by atoms with E-state index in [0.29, 0.717) is 0 Å². The standard InChI is InChI=1S/C24H18O3S3/c1-13(25)19-4-7-22(28-19)16-10-17(23-8-5-20(29-23)14(2)26)12-18(11-16)24-9-6-21(30-24)15(3)27/h4-12H,1-3H3. The molecule has 0 saturated heterocycles. The number of ketones is 3. The molecular formula is C24H18O3S3. The Morgan fingerprint density at radius 2 is 0.767 bits per heavy atom. The molecule has 3 heterocycles. The van der Waals surface area contributed by atoms with Gasteiger partial charge >= 0.3 is 0 Å². The van der Waals surface area contributed by atoms with Gasteiger partial charge in [0.25, 0.3) is 0 Å². The Morgan fingerprint density at radius 3 is 0.967 bits per heavy atom. The first-order chi connectivity index (χ1) is 14.3. The van der Waals surface area contributed by atoms with Gasteiger partial charge in [0.2, 0.25) is 0 Å². The Hall–Kier alpha value is -2.67. The van der Waals surface area contributed by atoms with Crippen molar-refractivity contribution in [1.82, 2.24) is 0 Å². The van der Waals surface area contributed by atoms with Gasteiger partial charge in [0.15, 0.2) is 17.3 Å². The van der Waals surface area contributed by atoms with Gasteiger partial charge in [-0.25, -0.2) is 0 Å². The molecule has 150 valence electrons. The number of benzene rings is 1. The summed E-state index contributed by atoms with van der Waals surface area (Å²) >= 11 is 4.41. The van der Waals surface area contributed by atoms with E-state index >= 15 is 0 Å². The summed E-state index contributed by atoms with van der Waals surface area (Å²) in [5, 5.41) is 0. The first-order valence-electron chi connectivity index (χ1n) is 9.30. The molecule has 0 aliphatic heterocycles. The molecule has 0 atom stereocenters. The second kappa shape index (κ2) is 8.22. The number of hydrogen-bond acceptors (Lipinski definition) is 6. The molecule has 6 heteroatoms. The lowest BCUT2D eigenvalue weighted by atomic mass is 10.0. The van der Waals surface area contributed by atoms with Gasteiger partial charge < -0.3 is 0 Å². The van der Waals surface area contributed by atoms with E-state index in [1.54, 1.807) is 20.8 Å². The summed E-state index contributed by atoms with van der Waals surface area (Å²) in [5.41, 5.74) is 3.03. The van der Waals surface area contributed by atoms with Gasteiger partial charge in [-0.1, -0.05) is 0 Å². The number of carbonyl (C=O) groups excluding carboxylic acids is 3. The Bertz CT molecular complexity index is 1120. The summed E-state index contributed by atoms with van der Waals surface area (Å²) < 4.78 is 0. The predicted octanol–water partition coefficient (Wildman–Crippen LogP) is 7.48. The van der Waals surface area contributed by atoms with Gasteiger partial charge in [0, 0.05) is 14.6 Å². The Kier molecular flexibility index (Phi) is 5.64. The quantitative estimate of drug-likeness (QED) is 0.286. The fourth-order valence-electron chi connectivity index (χ4n) is 3.10. The number of rotatable bonds is 6. The second-order valence-electron chi connectivity index (χ2n) is 6.96. The van der Waals surface area contributed by atoms with Crippen molar-refractivity contribution in [2.75, 3.05) is 0 Å². The summed E-state index contributed by atoms with van der Waals surface area (Å²) in [6, 6.07) is 17.7. The molecule has 3 nitrogen and oxygen atoms in total. The fraction of sp³-hybridized carbons (Fsp3) is 0.125. The molecule has 0 N–H and O–H groups in total. The second-order valence-corrected chi connectivity index (χ2v) is 10.2. The molecule has 0 bridgehead atoms. The molecule has 0 saturated carbocycles. The highest BCUT2D eigenvalue weighted by Gasteiger charge is 2.14. The van der Waals surface area contributed by atoms with E-state index in [-0.39, 0.29) is 17.3 Å². The lowest BCUT2D eigenvalue weighted by molar-refractivity contribution is 0.101. The van der Waals surface area contributed by atoms with Gasteiger partial charge in [-0.05, 0) is 92.1 Å². The van der Waals surface area contributed by atoms with Crippen LogP contribution in [0.1, 0.15) is 49.8 Å². The largest absolute Gasteiger partial charge is 0.294 e. The van der Waals surface area contributed by atoms with Crippen LogP contribution in [-0.4, -0.2) is 17.3 Å². The van der Waals surface area contributed by atoms with Crippen molar-refractivity contribution in [3.05, 3.63) is 69.2 Å². The average Bonchev–Trinajstić information content (AvgIpc) is 3.48. The highest BCUT2D eigenvalue weighted by molar-refractivity contribution is 7.18. The minimum Gasteiger partial charge on any atom is -0.294 e. The molecule has 0 unspecified atom stereocenters. The van der Waals surface area contributed by atoms with Gasteiger partial charge in [-0.15, -0.1) is 34.0 Å². The van der Waals surface area contributed by atoms with E-state index in [2.05, 4.69) is 18.2 Å². The maximum absolute atomic E-state index is 11.7. The zero-order chi connectivity index (χ0) is 21.4. The van der Waals surface area contributed by atoms with E-state index in [1.807, 2.05) is 36.4 Å². The van der Waals surface area contributed by atoms with Crippen molar-refractivity contribution in [1.29, 1.82) is 0 Å².